The summed E-state index contributed by atoms with van der Waals surface area (Å²) < 4.78 is 5.97. The lowest BCUT2D eigenvalue weighted by molar-refractivity contribution is -0.131. The first-order valence-corrected chi connectivity index (χ1v) is 11.9. The first-order valence-electron chi connectivity index (χ1n) is 11.6. The van der Waals surface area contributed by atoms with Crippen molar-refractivity contribution >= 4 is 39.9 Å². The Hall–Kier alpha value is -3.84. The number of hydrogen-bond acceptors (Lipinski definition) is 5. The summed E-state index contributed by atoms with van der Waals surface area (Å²) >= 11 is 6.58. The number of nitrogens with zero attached hydrogens (tertiary/aromatic N) is 2. The molecule has 0 spiro atoms. The normalized spacial score (nSPS) is 14.1. The number of amides is 1. The zero-order chi connectivity index (χ0) is 24.2. The Kier molecular flexibility index (Phi) is 6.68. The number of halogens is 1. The van der Waals surface area contributed by atoms with Crippen LogP contribution in [0.25, 0.3) is 10.9 Å². The van der Waals surface area contributed by atoms with Gasteiger partial charge in [0, 0.05) is 61.2 Å². The second kappa shape index (κ2) is 10.2. The number of carbonyl (C=O) groups is 2. The van der Waals surface area contributed by atoms with Crippen molar-refractivity contribution in [2.75, 3.05) is 25.0 Å². The van der Waals surface area contributed by atoms with E-state index in [1.807, 2.05) is 41.4 Å². The van der Waals surface area contributed by atoms with E-state index in [-0.39, 0.29) is 24.3 Å². The Balaban J connectivity index is 1.18. The van der Waals surface area contributed by atoms with Crippen molar-refractivity contribution in [2.24, 2.45) is 0 Å². The highest BCUT2D eigenvalue weighted by Crippen LogP contribution is 2.29. The number of pyridine rings is 1. The van der Waals surface area contributed by atoms with E-state index in [9.17, 15) is 9.59 Å². The van der Waals surface area contributed by atoms with Crippen LogP contribution >= 0.6 is 11.6 Å². The highest BCUT2D eigenvalue weighted by Gasteiger charge is 2.24. The third kappa shape index (κ3) is 5.15. The van der Waals surface area contributed by atoms with Gasteiger partial charge in [-0.05, 0) is 41.8 Å². The fraction of sp³-hybridized carbons (Fsp3) is 0.222. The summed E-state index contributed by atoms with van der Waals surface area (Å²) in [5, 5.41) is 4.46. The van der Waals surface area contributed by atoms with Gasteiger partial charge >= 0.3 is 0 Å². The molecule has 4 aromatic rings. The molecule has 0 unspecified atom stereocenters. The average molecular weight is 489 g/mol. The number of aromatic nitrogens is 2. The lowest BCUT2D eigenvalue weighted by Gasteiger charge is -2.32. The quantitative estimate of drug-likeness (QED) is 0.360. The van der Waals surface area contributed by atoms with Gasteiger partial charge in [-0.25, -0.2) is 0 Å². The van der Waals surface area contributed by atoms with Gasteiger partial charge in [-0.15, -0.1) is 0 Å². The lowest BCUT2D eigenvalue weighted by Crippen LogP contribution is -2.44. The van der Waals surface area contributed by atoms with Crippen molar-refractivity contribution in [1.29, 1.82) is 0 Å². The number of ketones is 1. The summed E-state index contributed by atoms with van der Waals surface area (Å²) in [4.78, 5) is 34.8. The number of likely N-dealkylation sites (tertiary alicyclic amines) is 1. The second-order valence-electron chi connectivity index (χ2n) is 8.51. The average Bonchev–Trinajstić information content (AvgIpc) is 3.37. The molecule has 1 fully saturated rings. The summed E-state index contributed by atoms with van der Waals surface area (Å²) in [5.41, 5.74) is 2.39. The van der Waals surface area contributed by atoms with Gasteiger partial charge in [0.15, 0.2) is 5.78 Å². The Labute approximate surface area is 208 Å². The molecule has 35 heavy (non-hydrogen) atoms. The van der Waals surface area contributed by atoms with E-state index in [2.05, 4.69) is 15.3 Å². The Morgan fingerprint density at radius 3 is 2.69 bits per heavy atom. The highest BCUT2D eigenvalue weighted by molar-refractivity contribution is 6.37. The van der Waals surface area contributed by atoms with Crippen molar-refractivity contribution in [3.05, 3.63) is 89.3 Å². The summed E-state index contributed by atoms with van der Waals surface area (Å²) in [6, 6.07) is 16.4. The van der Waals surface area contributed by atoms with Crippen LogP contribution in [0.3, 0.4) is 0 Å². The molecule has 2 aromatic heterocycles. The maximum atomic E-state index is 13.1. The van der Waals surface area contributed by atoms with E-state index in [1.54, 1.807) is 36.7 Å². The molecule has 178 valence electrons. The number of anilines is 1. The maximum Gasteiger partial charge on any atom is 0.241 e. The zero-order valence-electron chi connectivity index (χ0n) is 19.0. The number of fused-ring (bicyclic) bond motifs is 1. The van der Waals surface area contributed by atoms with Gasteiger partial charge in [0.2, 0.25) is 5.91 Å². The summed E-state index contributed by atoms with van der Waals surface area (Å²) in [6.07, 6.45) is 6.86. The van der Waals surface area contributed by atoms with Crippen LogP contribution in [0, 0.1) is 0 Å². The van der Waals surface area contributed by atoms with Crippen LogP contribution in [0.1, 0.15) is 28.8 Å². The molecule has 2 aromatic carbocycles. The number of nitrogens with one attached hydrogen (secondary N) is 2. The topological polar surface area (TPSA) is 87.3 Å². The summed E-state index contributed by atoms with van der Waals surface area (Å²) in [7, 11) is 0. The van der Waals surface area contributed by atoms with Crippen LogP contribution in [0.2, 0.25) is 5.02 Å². The number of rotatable bonds is 7. The smallest absolute Gasteiger partial charge is 0.241 e. The van der Waals surface area contributed by atoms with Crippen LogP contribution in [-0.2, 0) is 4.79 Å². The fourth-order valence-electron chi connectivity index (χ4n) is 4.30. The Bertz CT molecular complexity index is 1350. The van der Waals surface area contributed by atoms with Crippen LogP contribution in [-0.4, -0.2) is 52.3 Å². The SMILES string of the molecule is O=C(c1ccc2cc[nH]c2c1)c1cccc(NCC(=O)N2CCC(Oc3ccncc3)CC2)c1Cl. The second-order valence-corrected chi connectivity index (χ2v) is 8.89. The molecule has 0 aliphatic carbocycles. The number of hydrogen-bond donors (Lipinski definition) is 2. The summed E-state index contributed by atoms with van der Waals surface area (Å²) in [5.74, 6) is 0.610. The Morgan fingerprint density at radius 2 is 1.89 bits per heavy atom. The first-order chi connectivity index (χ1) is 17.1. The van der Waals surface area contributed by atoms with E-state index < -0.39 is 0 Å². The number of ether oxygens (including phenoxy) is 1. The van der Waals surface area contributed by atoms with Crippen molar-refractivity contribution in [3.8, 4) is 5.75 Å². The fourth-order valence-corrected chi connectivity index (χ4v) is 4.58. The minimum absolute atomic E-state index is 0.0163. The molecule has 5 rings (SSSR count). The largest absolute Gasteiger partial charge is 0.490 e. The molecule has 7 nitrogen and oxygen atoms in total. The van der Waals surface area contributed by atoms with Gasteiger partial charge in [-0.3, -0.25) is 14.6 Å². The van der Waals surface area contributed by atoms with Crippen LogP contribution in [0.5, 0.6) is 5.75 Å². The molecule has 1 saturated heterocycles. The molecule has 3 heterocycles. The van der Waals surface area contributed by atoms with Gasteiger partial charge in [0.05, 0.1) is 17.3 Å². The molecule has 0 atom stereocenters. The van der Waals surface area contributed by atoms with E-state index in [0.29, 0.717) is 34.9 Å². The number of carbonyl (C=O) groups excluding carboxylic acids is 2. The van der Waals surface area contributed by atoms with Gasteiger partial charge in [0.25, 0.3) is 0 Å². The van der Waals surface area contributed by atoms with E-state index in [0.717, 1.165) is 29.5 Å². The van der Waals surface area contributed by atoms with E-state index >= 15 is 0 Å². The molecular weight excluding hydrogens is 464 g/mol. The molecule has 8 heteroatoms. The van der Waals surface area contributed by atoms with Crippen LogP contribution in [0.15, 0.2) is 73.2 Å². The minimum Gasteiger partial charge on any atom is -0.490 e. The molecule has 0 bridgehead atoms. The van der Waals surface area contributed by atoms with Gasteiger partial charge in [-0.2, -0.15) is 0 Å². The molecular formula is C27H25ClN4O3. The predicted octanol–water partition coefficient (Wildman–Crippen LogP) is 4.93. The van der Waals surface area contributed by atoms with Crippen molar-refractivity contribution in [2.45, 2.75) is 18.9 Å². The molecule has 0 radical (unpaired) electrons. The van der Waals surface area contributed by atoms with Crippen LogP contribution in [0.4, 0.5) is 5.69 Å². The molecule has 0 saturated carbocycles. The maximum absolute atomic E-state index is 13.1. The van der Waals surface area contributed by atoms with E-state index in [4.69, 9.17) is 16.3 Å². The molecule has 1 amide bonds. The molecule has 1 aliphatic heterocycles. The number of aromatic amines is 1. The van der Waals surface area contributed by atoms with Gasteiger partial charge in [0.1, 0.15) is 11.9 Å². The van der Waals surface area contributed by atoms with Gasteiger partial charge < -0.3 is 19.9 Å². The van der Waals surface area contributed by atoms with Crippen molar-refractivity contribution in [1.82, 2.24) is 14.9 Å². The first kappa shape index (κ1) is 22.9. The number of benzene rings is 2. The predicted molar refractivity (Wildman–Crippen MR) is 136 cm³/mol. The number of H-pyrrole nitrogens is 1. The van der Waals surface area contributed by atoms with Gasteiger partial charge in [-0.1, -0.05) is 29.8 Å². The van der Waals surface area contributed by atoms with Crippen LogP contribution < -0.4 is 10.1 Å². The molecule has 2 N–H and O–H groups in total. The number of piperidine rings is 1. The Morgan fingerprint density at radius 1 is 1.09 bits per heavy atom. The third-order valence-corrected chi connectivity index (χ3v) is 6.64. The van der Waals surface area contributed by atoms with E-state index in [1.165, 1.54) is 0 Å². The summed E-state index contributed by atoms with van der Waals surface area (Å²) in [6.45, 7) is 1.36. The molecule has 1 aliphatic rings. The highest BCUT2D eigenvalue weighted by atomic mass is 35.5. The lowest BCUT2D eigenvalue weighted by atomic mass is 10.0. The zero-order valence-corrected chi connectivity index (χ0v) is 19.8. The minimum atomic E-state index is -0.169. The van der Waals surface area contributed by atoms with Crippen molar-refractivity contribution in [3.63, 3.8) is 0 Å². The third-order valence-electron chi connectivity index (χ3n) is 6.24. The van der Waals surface area contributed by atoms with Crippen molar-refractivity contribution < 1.29 is 14.3 Å². The standard InChI is InChI=1S/C27H25ClN4O3/c28-26-22(27(34)19-5-4-18-6-13-30-24(18)16-19)2-1-3-23(26)31-17-25(33)32-14-9-21(10-15-32)35-20-7-11-29-12-8-20/h1-8,11-13,16,21,30-31H,9-10,14-15,17H2. The monoisotopic (exact) mass is 488 g/mol.